The molecule has 0 saturated heterocycles. The van der Waals surface area contributed by atoms with Crippen molar-refractivity contribution in [3.8, 4) is 0 Å². The van der Waals surface area contributed by atoms with Gasteiger partial charge in [-0.3, -0.25) is 4.98 Å². The fraction of sp³-hybridized carbons (Fsp3) is 0.400. The summed E-state index contributed by atoms with van der Waals surface area (Å²) in [4.78, 5) is 4.49. The molecule has 1 aromatic heterocycles. The predicted molar refractivity (Wildman–Crippen MR) is 82.0 cm³/mol. The molecule has 0 saturated carbocycles. The van der Waals surface area contributed by atoms with Crippen LogP contribution in [-0.4, -0.2) is 11.5 Å². The average molecular weight is 307 g/mol. The van der Waals surface area contributed by atoms with E-state index in [0.29, 0.717) is 5.41 Å². The van der Waals surface area contributed by atoms with Crippen LogP contribution in [0.15, 0.2) is 34.9 Å². The van der Waals surface area contributed by atoms with E-state index in [-0.39, 0.29) is 0 Å². The zero-order chi connectivity index (χ0) is 13.2. The predicted octanol–water partition coefficient (Wildman–Crippen LogP) is 4.85. The van der Waals surface area contributed by atoms with Gasteiger partial charge in [0.05, 0.1) is 11.2 Å². The molecule has 0 atom stereocenters. The molecular weight excluding hydrogens is 288 g/mol. The van der Waals surface area contributed by atoms with Gasteiger partial charge in [-0.1, -0.05) is 32.9 Å². The molecule has 1 aromatic carbocycles. The number of benzene rings is 1. The number of hydrogen-bond donors (Lipinski definition) is 1. The van der Waals surface area contributed by atoms with Gasteiger partial charge in [0.2, 0.25) is 0 Å². The molecule has 0 aliphatic carbocycles. The van der Waals surface area contributed by atoms with Gasteiger partial charge in [0, 0.05) is 22.6 Å². The fourth-order valence-electron chi connectivity index (χ4n) is 1.85. The molecule has 0 bridgehead atoms. The van der Waals surface area contributed by atoms with Crippen LogP contribution in [0.5, 0.6) is 0 Å². The Morgan fingerprint density at radius 2 is 2.06 bits per heavy atom. The summed E-state index contributed by atoms with van der Waals surface area (Å²) >= 11 is 3.45. The first kappa shape index (κ1) is 13.3. The molecule has 18 heavy (non-hydrogen) atoms. The lowest BCUT2D eigenvalue weighted by atomic mass is 9.92. The molecular formula is C15H19BrN2. The maximum absolute atomic E-state index is 4.49. The Bertz CT molecular complexity index is 544. The van der Waals surface area contributed by atoms with Crippen molar-refractivity contribution in [1.29, 1.82) is 0 Å². The van der Waals surface area contributed by atoms with E-state index < -0.39 is 0 Å². The Hall–Kier alpha value is -1.09. The average Bonchev–Trinajstić information content (AvgIpc) is 2.27. The first-order valence-corrected chi connectivity index (χ1v) is 7.03. The van der Waals surface area contributed by atoms with Crippen molar-refractivity contribution in [2.75, 3.05) is 11.9 Å². The number of rotatable bonds is 3. The Kier molecular flexibility index (Phi) is 3.91. The lowest BCUT2D eigenvalue weighted by Crippen LogP contribution is -2.13. The number of pyridine rings is 1. The second-order valence-electron chi connectivity index (χ2n) is 5.77. The fourth-order valence-corrected chi connectivity index (χ4v) is 2.20. The molecule has 0 unspecified atom stereocenters. The van der Waals surface area contributed by atoms with E-state index >= 15 is 0 Å². The zero-order valence-electron chi connectivity index (χ0n) is 11.1. The Labute approximate surface area is 117 Å². The van der Waals surface area contributed by atoms with E-state index in [1.807, 2.05) is 6.20 Å². The van der Waals surface area contributed by atoms with Crippen LogP contribution < -0.4 is 5.32 Å². The summed E-state index contributed by atoms with van der Waals surface area (Å²) in [6.45, 7) is 7.74. The first-order valence-electron chi connectivity index (χ1n) is 6.24. The summed E-state index contributed by atoms with van der Waals surface area (Å²) in [6.07, 6.45) is 2.98. The Balaban J connectivity index is 2.18. The van der Waals surface area contributed by atoms with Crippen LogP contribution in [0.1, 0.15) is 27.2 Å². The van der Waals surface area contributed by atoms with Gasteiger partial charge in [-0.2, -0.15) is 0 Å². The van der Waals surface area contributed by atoms with Crippen molar-refractivity contribution in [3.05, 3.63) is 34.9 Å². The van der Waals surface area contributed by atoms with Crippen LogP contribution in [0.25, 0.3) is 10.9 Å². The van der Waals surface area contributed by atoms with Gasteiger partial charge in [-0.15, -0.1) is 0 Å². The highest BCUT2D eigenvalue weighted by molar-refractivity contribution is 9.10. The van der Waals surface area contributed by atoms with Gasteiger partial charge in [0.15, 0.2) is 0 Å². The van der Waals surface area contributed by atoms with Gasteiger partial charge in [-0.25, -0.2) is 0 Å². The summed E-state index contributed by atoms with van der Waals surface area (Å²) < 4.78 is 1.02. The summed E-state index contributed by atoms with van der Waals surface area (Å²) in [5.41, 5.74) is 2.51. The van der Waals surface area contributed by atoms with Crippen LogP contribution in [0.4, 0.5) is 5.69 Å². The van der Waals surface area contributed by atoms with Gasteiger partial charge in [0.1, 0.15) is 0 Å². The number of anilines is 1. The molecule has 0 spiro atoms. The third-order valence-corrected chi connectivity index (χ3v) is 3.30. The van der Waals surface area contributed by atoms with E-state index in [4.69, 9.17) is 0 Å². The first-order chi connectivity index (χ1) is 8.46. The summed E-state index contributed by atoms with van der Waals surface area (Å²) in [7, 11) is 0. The number of fused-ring (bicyclic) bond motifs is 1. The van der Waals surface area contributed by atoms with E-state index in [1.165, 1.54) is 0 Å². The number of halogens is 1. The van der Waals surface area contributed by atoms with Crippen LogP contribution in [0.2, 0.25) is 0 Å². The molecule has 0 fully saturated rings. The topological polar surface area (TPSA) is 24.9 Å². The molecule has 96 valence electrons. The summed E-state index contributed by atoms with van der Waals surface area (Å²) in [5.74, 6) is 0. The van der Waals surface area contributed by atoms with Crippen LogP contribution in [0, 0.1) is 5.41 Å². The molecule has 0 radical (unpaired) electrons. The summed E-state index contributed by atoms with van der Waals surface area (Å²) in [6, 6.07) is 8.33. The number of hydrogen-bond acceptors (Lipinski definition) is 2. The number of nitrogens with one attached hydrogen (secondary N) is 1. The maximum Gasteiger partial charge on any atom is 0.0934 e. The van der Waals surface area contributed by atoms with Gasteiger partial charge < -0.3 is 5.32 Å². The van der Waals surface area contributed by atoms with Crippen molar-refractivity contribution in [2.45, 2.75) is 27.2 Å². The molecule has 2 nitrogen and oxygen atoms in total. The number of aromatic nitrogens is 1. The normalized spacial score (nSPS) is 11.8. The molecule has 2 aromatic rings. The third kappa shape index (κ3) is 3.45. The van der Waals surface area contributed by atoms with Gasteiger partial charge in [-0.05, 0) is 39.9 Å². The Morgan fingerprint density at radius 3 is 2.78 bits per heavy atom. The van der Waals surface area contributed by atoms with E-state index in [0.717, 1.165) is 34.0 Å². The van der Waals surface area contributed by atoms with Crippen molar-refractivity contribution in [2.24, 2.45) is 5.41 Å². The van der Waals surface area contributed by atoms with Gasteiger partial charge >= 0.3 is 0 Å². The second-order valence-corrected chi connectivity index (χ2v) is 6.68. The monoisotopic (exact) mass is 306 g/mol. The SMILES string of the molecule is CC(C)(C)CCNc1cccc2cc(Br)cnc12. The number of nitrogens with zero attached hydrogens (tertiary/aromatic N) is 1. The summed E-state index contributed by atoms with van der Waals surface area (Å²) in [5, 5.41) is 4.64. The molecule has 2 rings (SSSR count). The quantitative estimate of drug-likeness (QED) is 0.877. The highest BCUT2D eigenvalue weighted by Gasteiger charge is 2.09. The molecule has 0 aliphatic heterocycles. The third-order valence-electron chi connectivity index (χ3n) is 2.87. The highest BCUT2D eigenvalue weighted by Crippen LogP contribution is 2.25. The second kappa shape index (κ2) is 5.27. The van der Waals surface area contributed by atoms with Crippen molar-refractivity contribution < 1.29 is 0 Å². The van der Waals surface area contributed by atoms with Crippen molar-refractivity contribution in [1.82, 2.24) is 4.98 Å². The largest absolute Gasteiger partial charge is 0.383 e. The molecule has 0 amide bonds. The Morgan fingerprint density at radius 1 is 1.28 bits per heavy atom. The van der Waals surface area contributed by atoms with E-state index in [9.17, 15) is 0 Å². The molecule has 1 N–H and O–H groups in total. The number of para-hydroxylation sites is 1. The standard InChI is InChI=1S/C15H19BrN2/c1-15(2,3)7-8-17-13-6-4-5-11-9-12(16)10-18-14(11)13/h4-6,9-10,17H,7-8H2,1-3H3. The van der Waals surface area contributed by atoms with E-state index in [1.54, 1.807) is 0 Å². The maximum atomic E-state index is 4.49. The minimum atomic E-state index is 0.355. The van der Waals surface area contributed by atoms with Crippen LogP contribution in [-0.2, 0) is 0 Å². The van der Waals surface area contributed by atoms with Crippen LogP contribution >= 0.6 is 15.9 Å². The minimum Gasteiger partial charge on any atom is -0.383 e. The highest BCUT2D eigenvalue weighted by atomic mass is 79.9. The lowest BCUT2D eigenvalue weighted by molar-refractivity contribution is 0.390. The molecule has 1 heterocycles. The van der Waals surface area contributed by atoms with Gasteiger partial charge in [0.25, 0.3) is 0 Å². The van der Waals surface area contributed by atoms with E-state index in [2.05, 4.69) is 71.3 Å². The molecule has 3 heteroatoms. The smallest absolute Gasteiger partial charge is 0.0934 e. The molecule has 0 aliphatic rings. The van der Waals surface area contributed by atoms with Crippen molar-refractivity contribution in [3.63, 3.8) is 0 Å². The van der Waals surface area contributed by atoms with Crippen molar-refractivity contribution >= 4 is 32.5 Å². The zero-order valence-corrected chi connectivity index (χ0v) is 12.7. The van der Waals surface area contributed by atoms with Crippen LogP contribution in [0.3, 0.4) is 0 Å². The lowest BCUT2D eigenvalue weighted by Gasteiger charge is -2.19. The minimum absolute atomic E-state index is 0.355.